The van der Waals surface area contributed by atoms with E-state index in [1.165, 1.54) is 0 Å². The Balaban J connectivity index is 0.00000196. The van der Waals surface area contributed by atoms with Gasteiger partial charge in [0, 0.05) is 5.56 Å². The van der Waals surface area contributed by atoms with Gasteiger partial charge in [-0.05, 0) is 12.0 Å². The number of aromatic hydroxyl groups is 1. The topological polar surface area (TPSA) is 66.5 Å². The normalized spacial score (nSPS) is 14.5. The van der Waals surface area contributed by atoms with Crippen molar-refractivity contribution in [1.82, 2.24) is 0 Å². The Morgan fingerprint density at radius 1 is 1.20 bits per heavy atom. The number of hydrogen-bond acceptors (Lipinski definition) is 3. The first-order chi connectivity index (χ1) is 6.54. The van der Waals surface area contributed by atoms with E-state index in [-0.39, 0.29) is 24.1 Å². The minimum atomic E-state index is -0.636. The molecule has 15 heavy (non-hydrogen) atoms. The Labute approximate surface area is 96.3 Å². The Bertz CT molecular complexity index is 304. The highest BCUT2D eigenvalue weighted by Crippen LogP contribution is 2.26. The number of para-hydroxylation sites is 1. The molecule has 0 fully saturated rings. The first-order valence-corrected chi connectivity index (χ1v) is 4.75. The number of hydrogen-bond donors (Lipinski definition) is 3. The van der Waals surface area contributed by atoms with E-state index in [9.17, 15) is 10.2 Å². The maximum absolute atomic E-state index is 9.74. The van der Waals surface area contributed by atoms with Gasteiger partial charge in [-0.15, -0.1) is 12.4 Å². The molecule has 2 atom stereocenters. The van der Waals surface area contributed by atoms with Crippen molar-refractivity contribution in [1.29, 1.82) is 0 Å². The van der Waals surface area contributed by atoms with Crippen molar-refractivity contribution in [3.63, 3.8) is 0 Å². The van der Waals surface area contributed by atoms with Crippen LogP contribution in [0.15, 0.2) is 24.3 Å². The second-order valence-corrected chi connectivity index (χ2v) is 3.82. The summed E-state index contributed by atoms with van der Waals surface area (Å²) in [6.07, 6.45) is -0.636. The molecule has 0 saturated heterocycles. The fraction of sp³-hybridized carbons (Fsp3) is 0.455. The average Bonchev–Trinajstić information content (AvgIpc) is 2.16. The summed E-state index contributed by atoms with van der Waals surface area (Å²) < 4.78 is 0. The maximum Gasteiger partial charge on any atom is 0.120 e. The van der Waals surface area contributed by atoms with E-state index in [1.54, 1.807) is 24.3 Å². The van der Waals surface area contributed by atoms with Crippen LogP contribution in [0.4, 0.5) is 0 Å². The zero-order chi connectivity index (χ0) is 10.7. The zero-order valence-electron chi connectivity index (χ0n) is 8.92. The van der Waals surface area contributed by atoms with Gasteiger partial charge >= 0.3 is 0 Å². The van der Waals surface area contributed by atoms with Gasteiger partial charge < -0.3 is 15.9 Å². The Hall–Kier alpha value is -0.770. The molecule has 0 aliphatic rings. The molecule has 3 nitrogen and oxygen atoms in total. The van der Waals surface area contributed by atoms with Crippen LogP contribution >= 0.6 is 12.4 Å². The van der Waals surface area contributed by atoms with Crippen LogP contribution in [0.3, 0.4) is 0 Å². The summed E-state index contributed by atoms with van der Waals surface area (Å²) in [7, 11) is 0. The van der Waals surface area contributed by atoms with Crippen molar-refractivity contribution in [2.24, 2.45) is 11.7 Å². The molecule has 1 rings (SSSR count). The molecule has 86 valence electrons. The van der Waals surface area contributed by atoms with Crippen LogP contribution in [-0.2, 0) is 0 Å². The highest BCUT2D eigenvalue weighted by atomic mass is 35.5. The summed E-state index contributed by atoms with van der Waals surface area (Å²) in [5.74, 6) is 0.212. The van der Waals surface area contributed by atoms with Gasteiger partial charge in [-0.1, -0.05) is 32.0 Å². The van der Waals surface area contributed by atoms with E-state index in [0.717, 1.165) is 0 Å². The Morgan fingerprint density at radius 2 is 1.73 bits per heavy atom. The summed E-state index contributed by atoms with van der Waals surface area (Å²) >= 11 is 0. The first-order valence-electron chi connectivity index (χ1n) is 4.75. The third-order valence-corrected chi connectivity index (χ3v) is 2.35. The molecule has 0 radical (unpaired) electrons. The molecule has 0 spiro atoms. The van der Waals surface area contributed by atoms with Crippen LogP contribution in [0.1, 0.15) is 25.5 Å². The van der Waals surface area contributed by atoms with Crippen molar-refractivity contribution in [3.8, 4) is 5.75 Å². The van der Waals surface area contributed by atoms with Crippen LogP contribution in [0.2, 0.25) is 0 Å². The minimum Gasteiger partial charge on any atom is -0.508 e. The number of nitrogens with two attached hydrogens (primary N) is 1. The number of aliphatic hydroxyl groups is 1. The molecule has 0 unspecified atom stereocenters. The third-order valence-electron chi connectivity index (χ3n) is 2.35. The van der Waals surface area contributed by atoms with Crippen molar-refractivity contribution in [2.45, 2.75) is 26.0 Å². The molecule has 0 aliphatic carbocycles. The molecule has 0 aliphatic heterocycles. The van der Waals surface area contributed by atoms with E-state index in [2.05, 4.69) is 0 Å². The molecule has 0 saturated carbocycles. The number of benzene rings is 1. The van der Waals surface area contributed by atoms with Crippen LogP contribution in [-0.4, -0.2) is 16.3 Å². The van der Waals surface area contributed by atoms with Crippen LogP contribution in [0, 0.1) is 5.92 Å². The molecule has 1 aromatic rings. The van der Waals surface area contributed by atoms with Gasteiger partial charge in [0.15, 0.2) is 0 Å². The van der Waals surface area contributed by atoms with Gasteiger partial charge in [-0.2, -0.15) is 0 Å². The first kappa shape index (κ1) is 14.2. The largest absolute Gasteiger partial charge is 0.508 e. The Kier molecular flexibility index (Phi) is 5.65. The lowest BCUT2D eigenvalue weighted by molar-refractivity contribution is 0.0970. The van der Waals surface area contributed by atoms with Gasteiger partial charge in [-0.25, -0.2) is 0 Å². The second-order valence-electron chi connectivity index (χ2n) is 3.82. The van der Waals surface area contributed by atoms with E-state index >= 15 is 0 Å². The average molecular weight is 232 g/mol. The predicted octanol–water partition coefficient (Wildman–Crippen LogP) is 1.83. The van der Waals surface area contributed by atoms with Crippen molar-refractivity contribution < 1.29 is 10.2 Å². The smallest absolute Gasteiger partial charge is 0.120 e. The lowest BCUT2D eigenvalue weighted by Crippen LogP contribution is -2.30. The summed E-state index contributed by atoms with van der Waals surface area (Å²) in [5.41, 5.74) is 6.42. The standard InChI is InChI=1S/C11H17NO2.ClH/c1-7(2)11(14)10(12)8-5-3-4-6-9(8)13;/h3-7,10-11,13-14H,12H2,1-2H3;1H/t10-,11+;/m0./s1. The monoisotopic (exact) mass is 231 g/mol. The van der Waals surface area contributed by atoms with Crippen LogP contribution in [0.5, 0.6) is 5.75 Å². The fourth-order valence-electron chi connectivity index (χ4n) is 1.37. The number of aliphatic hydroxyl groups excluding tert-OH is 1. The van der Waals surface area contributed by atoms with Gasteiger partial charge in [0.1, 0.15) is 5.75 Å². The Morgan fingerprint density at radius 3 is 2.20 bits per heavy atom. The molecule has 0 heterocycles. The number of rotatable bonds is 3. The molecule has 1 aromatic carbocycles. The van der Waals surface area contributed by atoms with Gasteiger partial charge in [0.25, 0.3) is 0 Å². The highest BCUT2D eigenvalue weighted by molar-refractivity contribution is 5.85. The van der Waals surface area contributed by atoms with Crippen LogP contribution in [0.25, 0.3) is 0 Å². The molecule has 4 heteroatoms. The van der Waals surface area contributed by atoms with E-state index < -0.39 is 12.1 Å². The molecule has 0 aromatic heterocycles. The molecular weight excluding hydrogens is 214 g/mol. The van der Waals surface area contributed by atoms with Gasteiger partial charge in [0.2, 0.25) is 0 Å². The van der Waals surface area contributed by atoms with E-state index in [1.807, 2.05) is 13.8 Å². The SMILES string of the molecule is CC(C)[C@@H](O)[C@@H](N)c1ccccc1O.Cl. The summed E-state index contributed by atoms with van der Waals surface area (Å²) in [4.78, 5) is 0. The quantitative estimate of drug-likeness (QED) is 0.744. The second kappa shape index (κ2) is 5.95. The van der Waals surface area contributed by atoms with Gasteiger partial charge in [0.05, 0.1) is 12.1 Å². The third kappa shape index (κ3) is 3.38. The number of phenolic OH excluding ortho intramolecular Hbond substituents is 1. The molecule has 4 N–H and O–H groups in total. The van der Waals surface area contributed by atoms with Crippen LogP contribution < -0.4 is 5.73 Å². The molecule has 0 amide bonds. The molecular formula is C11H18ClNO2. The van der Waals surface area contributed by atoms with Crippen molar-refractivity contribution in [3.05, 3.63) is 29.8 Å². The maximum atomic E-state index is 9.74. The lowest BCUT2D eigenvalue weighted by atomic mass is 9.94. The lowest BCUT2D eigenvalue weighted by Gasteiger charge is -2.22. The van der Waals surface area contributed by atoms with E-state index in [0.29, 0.717) is 5.56 Å². The predicted molar refractivity (Wildman–Crippen MR) is 63.1 cm³/mol. The van der Waals surface area contributed by atoms with Gasteiger partial charge in [-0.3, -0.25) is 0 Å². The highest BCUT2D eigenvalue weighted by Gasteiger charge is 2.21. The van der Waals surface area contributed by atoms with Crippen molar-refractivity contribution in [2.75, 3.05) is 0 Å². The summed E-state index contributed by atoms with van der Waals surface area (Å²) in [6.45, 7) is 3.79. The molecule has 0 bridgehead atoms. The summed E-state index contributed by atoms with van der Waals surface area (Å²) in [6, 6.07) is 6.29. The van der Waals surface area contributed by atoms with E-state index in [4.69, 9.17) is 5.73 Å². The number of halogens is 1. The number of phenols is 1. The minimum absolute atomic E-state index is 0. The van der Waals surface area contributed by atoms with Crippen molar-refractivity contribution >= 4 is 12.4 Å². The zero-order valence-corrected chi connectivity index (χ0v) is 9.74. The summed E-state index contributed by atoms with van der Waals surface area (Å²) in [5, 5.41) is 19.3. The fourth-order valence-corrected chi connectivity index (χ4v) is 1.37.